The minimum absolute atomic E-state index is 0.778. The third kappa shape index (κ3) is 3.18. The van der Waals surface area contributed by atoms with E-state index in [1.54, 1.807) is 11.8 Å². The van der Waals surface area contributed by atoms with E-state index in [9.17, 15) is 0 Å². The number of aromatic nitrogens is 3. The molecular weight excluding hydrogens is 240 g/mol. The van der Waals surface area contributed by atoms with Crippen LogP contribution in [0.4, 0.5) is 5.13 Å². The fourth-order valence-electron chi connectivity index (χ4n) is 1.31. The monoisotopic (exact) mass is 252 g/mol. The Morgan fingerprint density at radius 2 is 2.12 bits per heavy atom. The van der Waals surface area contributed by atoms with Crippen molar-refractivity contribution in [1.29, 1.82) is 0 Å². The van der Waals surface area contributed by atoms with Crippen LogP contribution >= 0.6 is 23.3 Å². The van der Waals surface area contributed by atoms with Gasteiger partial charge in [0.25, 0.3) is 0 Å². The fraction of sp³-hybridized carbons (Fsp3) is 0.300. The second kappa shape index (κ2) is 5.81. The Kier molecular flexibility index (Phi) is 4.12. The van der Waals surface area contributed by atoms with Gasteiger partial charge in [0, 0.05) is 23.0 Å². The van der Waals surface area contributed by atoms with Gasteiger partial charge in [-0.2, -0.15) is 0 Å². The van der Waals surface area contributed by atoms with Crippen molar-refractivity contribution in [2.75, 3.05) is 18.1 Å². The van der Waals surface area contributed by atoms with E-state index in [1.165, 1.54) is 22.0 Å². The molecule has 2 rings (SSSR count). The van der Waals surface area contributed by atoms with E-state index in [4.69, 9.17) is 0 Å². The molecular formula is C10H12N4S2. The van der Waals surface area contributed by atoms with Gasteiger partial charge < -0.3 is 5.32 Å². The zero-order chi connectivity index (χ0) is 11.2. The highest BCUT2D eigenvalue weighted by Crippen LogP contribution is 2.15. The average Bonchev–Trinajstić information content (AvgIpc) is 2.83. The minimum Gasteiger partial charge on any atom is -0.359 e. The summed E-state index contributed by atoms with van der Waals surface area (Å²) in [4.78, 5) is 1.30. The largest absolute Gasteiger partial charge is 0.359 e. The van der Waals surface area contributed by atoms with Crippen molar-refractivity contribution in [2.45, 2.75) is 11.3 Å². The Morgan fingerprint density at radius 3 is 2.75 bits per heavy atom. The van der Waals surface area contributed by atoms with Gasteiger partial charge in [0.15, 0.2) is 0 Å². The number of thioether (sulfide) groups is 1. The normalized spacial score (nSPS) is 10.3. The van der Waals surface area contributed by atoms with Crippen molar-refractivity contribution >= 4 is 28.4 Å². The average molecular weight is 252 g/mol. The summed E-state index contributed by atoms with van der Waals surface area (Å²) in [5, 5.41) is 11.3. The van der Waals surface area contributed by atoms with Gasteiger partial charge in [-0.3, -0.25) is 0 Å². The van der Waals surface area contributed by atoms with E-state index in [1.807, 2.05) is 0 Å². The maximum absolute atomic E-state index is 3.82. The molecule has 1 aromatic heterocycles. The number of hydrogen-bond donors (Lipinski definition) is 1. The number of nitrogens with one attached hydrogen (secondary N) is 1. The first-order chi connectivity index (χ1) is 7.88. The van der Waals surface area contributed by atoms with Crippen molar-refractivity contribution in [3.05, 3.63) is 29.8 Å². The number of anilines is 1. The first-order valence-electron chi connectivity index (χ1n) is 4.90. The number of hydrogen-bond acceptors (Lipinski definition) is 6. The van der Waals surface area contributed by atoms with Crippen LogP contribution in [0.15, 0.2) is 29.2 Å². The number of rotatable bonds is 5. The van der Waals surface area contributed by atoms with Crippen molar-refractivity contribution in [3.8, 4) is 0 Å². The first kappa shape index (κ1) is 11.3. The standard InChI is InChI=1S/C10H12N4S2/c1-15-9-4-2-8(3-5-9)6-7-11-10-12-13-14-16-10/h2-5H,6-7H2,1H3,(H,11,12,14). The third-order valence-electron chi connectivity index (χ3n) is 2.15. The van der Waals surface area contributed by atoms with Crippen LogP contribution in [0.25, 0.3) is 0 Å². The van der Waals surface area contributed by atoms with Crippen LogP contribution in [0.1, 0.15) is 5.56 Å². The van der Waals surface area contributed by atoms with Gasteiger partial charge in [-0.1, -0.05) is 21.7 Å². The lowest BCUT2D eigenvalue weighted by Gasteiger charge is -2.03. The van der Waals surface area contributed by atoms with Crippen molar-refractivity contribution in [2.24, 2.45) is 0 Å². The summed E-state index contributed by atoms with van der Waals surface area (Å²) in [5.41, 5.74) is 1.32. The summed E-state index contributed by atoms with van der Waals surface area (Å²) in [6.45, 7) is 0.857. The van der Waals surface area contributed by atoms with Crippen LogP contribution in [0.5, 0.6) is 0 Å². The molecule has 2 aromatic rings. The van der Waals surface area contributed by atoms with Gasteiger partial charge >= 0.3 is 0 Å². The molecule has 0 saturated heterocycles. The molecule has 1 N–H and O–H groups in total. The predicted molar refractivity (Wildman–Crippen MR) is 68.1 cm³/mol. The zero-order valence-corrected chi connectivity index (χ0v) is 10.5. The molecule has 6 heteroatoms. The molecule has 0 unspecified atom stereocenters. The van der Waals surface area contributed by atoms with Gasteiger partial charge in [0.2, 0.25) is 5.13 Å². The summed E-state index contributed by atoms with van der Waals surface area (Å²) in [7, 11) is 0. The summed E-state index contributed by atoms with van der Waals surface area (Å²) in [6.07, 6.45) is 3.06. The SMILES string of the molecule is CSc1ccc(CCNc2nnns2)cc1. The van der Waals surface area contributed by atoms with E-state index < -0.39 is 0 Å². The topological polar surface area (TPSA) is 50.7 Å². The molecule has 0 aliphatic rings. The summed E-state index contributed by atoms with van der Waals surface area (Å²) >= 11 is 3.04. The van der Waals surface area contributed by atoms with Crippen LogP contribution in [-0.2, 0) is 6.42 Å². The Bertz CT molecular complexity index is 413. The Morgan fingerprint density at radius 1 is 1.31 bits per heavy atom. The molecule has 1 heterocycles. The zero-order valence-electron chi connectivity index (χ0n) is 8.88. The highest BCUT2D eigenvalue weighted by Gasteiger charge is 1.97. The molecule has 0 fully saturated rings. The molecule has 0 bridgehead atoms. The summed E-state index contributed by atoms with van der Waals surface area (Å²) in [5.74, 6) is 0. The van der Waals surface area contributed by atoms with Crippen LogP contribution in [0.3, 0.4) is 0 Å². The molecule has 0 aliphatic heterocycles. The van der Waals surface area contributed by atoms with Crippen molar-refractivity contribution in [3.63, 3.8) is 0 Å². The maximum atomic E-state index is 3.82. The molecule has 0 radical (unpaired) electrons. The Labute approximate surface area is 103 Å². The fourth-order valence-corrected chi connectivity index (χ4v) is 2.11. The van der Waals surface area contributed by atoms with Gasteiger partial charge in [-0.15, -0.1) is 11.8 Å². The second-order valence-corrected chi connectivity index (χ2v) is 4.80. The highest BCUT2D eigenvalue weighted by molar-refractivity contribution is 7.98. The van der Waals surface area contributed by atoms with Gasteiger partial charge in [0.05, 0.1) is 0 Å². The van der Waals surface area contributed by atoms with E-state index in [0.29, 0.717) is 0 Å². The lowest BCUT2D eigenvalue weighted by atomic mass is 10.1. The van der Waals surface area contributed by atoms with E-state index in [-0.39, 0.29) is 0 Å². The van der Waals surface area contributed by atoms with Crippen LogP contribution in [0, 0.1) is 0 Å². The number of benzene rings is 1. The summed E-state index contributed by atoms with van der Waals surface area (Å²) < 4.78 is 3.69. The molecule has 4 nitrogen and oxygen atoms in total. The van der Waals surface area contributed by atoms with Gasteiger partial charge in [-0.05, 0) is 35.6 Å². The third-order valence-corrected chi connectivity index (χ3v) is 3.45. The highest BCUT2D eigenvalue weighted by atomic mass is 32.2. The molecule has 16 heavy (non-hydrogen) atoms. The van der Waals surface area contributed by atoms with Crippen molar-refractivity contribution < 1.29 is 0 Å². The molecule has 1 aromatic carbocycles. The number of nitrogens with zero attached hydrogens (tertiary/aromatic N) is 3. The lowest BCUT2D eigenvalue weighted by Crippen LogP contribution is -2.04. The molecule has 84 valence electrons. The second-order valence-electron chi connectivity index (χ2n) is 3.19. The van der Waals surface area contributed by atoms with Crippen molar-refractivity contribution in [1.82, 2.24) is 14.8 Å². The molecule has 0 spiro atoms. The van der Waals surface area contributed by atoms with E-state index in [2.05, 4.69) is 50.6 Å². The van der Waals surface area contributed by atoms with E-state index >= 15 is 0 Å². The van der Waals surface area contributed by atoms with Gasteiger partial charge in [0.1, 0.15) is 0 Å². The van der Waals surface area contributed by atoms with Crippen LogP contribution in [0.2, 0.25) is 0 Å². The Balaban J connectivity index is 1.81. The first-order valence-corrected chi connectivity index (χ1v) is 6.90. The molecule has 0 atom stereocenters. The predicted octanol–water partition coefficient (Wildman–Crippen LogP) is 2.31. The lowest BCUT2D eigenvalue weighted by molar-refractivity contribution is 0.941. The molecule has 0 saturated carbocycles. The minimum atomic E-state index is 0.778. The smallest absolute Gasteiger partial charge is 0.225 e. The summed E-state index contributed by atoms with van der Waals surface area (Å²) in [6, 6.07) is 8.61. The van der Waals surface area contributed by atoms with Crippen LogP contribution in [-0.4, -0.2) is 27.6 Å². The maximum Gasteiger partial charge on any atom is 0.225 e. The van der Waals surface area contributed by atoms with Crippen LogP contribution < -0.4 is 5.32 Å². The molecule has 0 aliphatic carbocycles. The van der Waals surface area contributed by atoms with Gasteiger partial charge in [-0.25, -0.2) is 0 Å². The molecule has 0 amide bonds. The van der Waals surface area contributed by atoms with E-state index in [0.717, 1.165) is 18.1 Å². The Hall–Kier alpha value is -1.14. The quantitative estimate of drug-likeness (QED) is 0.828.